The number of nitrogens with zero attached hydrogens (tertiary/aromatic N) is 5. The van der Waals surface area contributed by atoms with Crippen LogP contribution in [0, 0.1) is 6.92 Å². The van der Waals surface area contributed by atoms with E-state index in [9.17, 15) is 4.79 Å². The lowest BCUT2D eigenvalue weighted by atomic mass is 10.2. The number of likely N-dealkylation sites (N-methyl/N-ethyl adjacent to an activating group) is 1. The van der Waals surface area contributed by atoms with Gasteiger partial charge in [0.15, 0.2) is 17.3 Å². The molecule has 1 N–H and O–H groups in total. The molecule has 8 heteroatoms. The van der Waals surface area contributed by atoms with Crippen molar-refractivity contribution < 1.29 is 9.32 Å². The van der Waals surface area contributed by atoms with E-state index in [0.29, 0.717) is 29.6 Å². The second kappa shape index (κ2) is 7.52. The Kier molecular flexibility index (Phi) is 4.98. The van der Waals surface area contributed by atoms with Gasteiger partial charge in [-0.2, -0.15) is 0 Å². The van der Waals surface area contributed by atoms with Crippen molar-refractivity contribution in [3.8, 4) is 0 Å². The SMILES string of the molecule is Cc1cc(Nc2ccc(C(=O)N(C)CCc3ccncc3)nn2)no1. The van der Waals surface area contributed by atoms with Gasteiger partial charge in [-0.1, -0.05) is 5.16 Å². The lowest BCUT2D eigenvalue weighted by Gasteiger charge is -2.16. The van der Waals surface area contributed by atoms with Gasteiger partial charge >= 0.3 is 0 Å². The summed E-state index contributed by atoms with van der Waals surface area (Å²) in [6.45, 7) is 2.39. The van der Waals surface area contributed by atoms with Crippen LogP contribution in [0.25, 0.3) is 0 Å². The van der Waals surface area contributed by atoms with Crippen molar-refractivity contribution >= 4 is 17.5 Å². The minimum Gasteiger partial charge on any atom is -0.360 e. The number of hydrogen-bond acceptors (Lipinski definition) is 7. The molecule has 0 spiro atoms. The minimum absolute atomic E-state index is 0.176. The number of carbonyl (C=O) groups is 1. The van der Waals surface area contributed by atoms with E-state index < -0.39 is 0 Å². The molecule has 0 fully saturated rings. The van der Waals surface area contributed by atoms with Crippen molar-refractivity contribution in [1.29, 1.82) is 0 Å². The first-order valence-electron chi connectivity index (χ1n) is 7.80. The fourth-order valence-electron chi connectivity index (χ4n) is 2.21. The van der Waals surface area contributed by atoms with Crippen molar-refractivity contribution in [2.24, 2.45) is 0 Å². The van der Waals surface area contributed by atoms with Gasteiger partial charge in [0.25, 0.3) is 5.91 Å². The van der Waals surface area contributed by atoms with Crippen molar-refractivity contribution in [2.45, 2.75) is 13.3 Å². The monoisotopic (exact) mass is 338 g/mol. The number of amides is 1. The molecule has 0 atom stereocenters. The Labute approximate surface area is 144 Å². The fraction of sp³-hybridized carbons (Fsp3) is 0.235. The molecule has 0 unspecified atom stereocenters. The molecule has 0 saturated carbocycles. The molecular formula is C17H18N6O2. The Hall–Kier alpha value is -3.29. The molecule has 0 saturated heterocycles. The Morgan fingerprint density at radius 2 is 1.96 bits per heavy atom. The third kappa shape index (κ3) is 4.37. The van der Waals surface area contributed by atoms with Gasteiger partial charge in [0, 0.05) is 32.1 Å². The maximum Gasteiger partial charge on any atom is 0.274 e. The normalized spacial score (nSPS) is 10.5. The average Bonchev–Trinajstić information content (AvgIpc) is 3.05. The molecule has 0 bridgehead atoms. The van der Waals surface area contributed by atoms with Crippen molar-refractivity contribution in [2.75, 3.05) is 18.9 Å². The largest absolute Gasteiger partial charge is 0.360 e. The molecule has 0 aromatic carbocycles. The van der Waals surface area contributed by atoms with E-state index in [2.05, 4.69) is 25.7 Å². The van der Waals surface area contributed by atoms with Crippen LogP contribution >= 0.6 is 0 Å². The highest BCUT2D eigenvalue weighted by Crippen LogP contribution is 2.13. The van der Waals surface area contributed by atoms with Gasteiger partial charge in [-0.3, -0.25) is 9.78 Å². The smallest absolute Gasteiger partial charge is 0.274 e. The molecule has 0 radical (unpaired) electrons. The summed E-state index contributed by atoms with van der Waals surface area (Å²) < 4.78 is 4.97. The van der Waals surface area contributed by atoms with Crippen molar-refractivity contribution in [3.63, 3.8) is 0 Å². The Morgan fingerprint density at radius 3 is 2.60 bits per heavy atom. The van der Waals surface area contributed by atoms with E-state index >= 15 is 0 Å². The lowest BCUT2D eigenvalue weighted by Crippen LogP contribution is -2.29. The highest BCUT2D eigenvalue weighted by atomic mass is 16.5. The summed E-state index contributed by atoms with van der Waals surface area (Å²) in [7, 11) is 1.75. The summed E-state index contributed by atoms with van der Waals surface area (Å²) in [6, 6.07) is 8.93. The zero-order chi connectivity index (χ0) is 17.6. The number of pyridine rings is 1. The summed E-state index contributed by atoms with van der Waals surface area (Å²) in [4.78, 5) is 18.0. The zero-order valence-electron chi connectivity index (χ0n) is 14.0. The van der Waals surface area contributed by atoms with E-state index in [1.165, 1.54) is 0 Å². The maximum absolute atomic E-state index is 12.4. The summed E-state index contributed by atoms with van der Waals surface area (Å²) in [5, 5.41) is 14.8. The second-order valence-corrected chi connectivity index (χ2v) is 5.58. The third-order valence-electron chi connectivity index (χ3n) is 3.60. The fourth-order valence-corrected chi connectivity index (χ4v) is 2.21. The molecule has 8 nitrogen and oxygen atoms in total. The van der Waals surface area contributed by atoms with Gasteiger partial charge in [0.05, 0.1) is 0 Å². The molecule has 25 heavy (non-hydrogen) atoms. The summed E-state index contributed by atoms with van der Waals surface area (Å²) in [6.07, 6.45) is 4.23. The summed E-state index contributed by atoms with van der Waals surface area (Å²) >= 11 is 0. The van der Waals surface area contributed by atoms with Gasteiger partial charge < -0.3 is 14.7 Å². The second-order valence-electron chi connectivity index (χ2n) is 5.58. The van der Waals surface area contributed by atoms with Crippen LogP contribution < -0.4 is 5.32 Å². The molecule has 3 heterocycles. The van der Waals surface area contributed by atoms with Crippen LogP contribution in [0.15, 0.2) is 47.2 Å². The molecule has 0 aliphatic carbocycles. The third-order valence-corrected chi connectivity index (χ3v) is 3.60. The van der Waals surface area contributed by atoms with Crippen LogP contribution in [0.1, 0.15) is 21.8 Å². The van der Waals surface area contributed by atoms with Gasteiger partial charge in [-0.15, -0.1) is 10.2 Å². The average molecular weight is 338 g/mol. The lowest BCUT2D eigenvalue weighted by molar-refractivity contribution is 0.0789. The number of anilines is 2. The number of hydrogen-bond donors (Lipinski definition) is 1. The van der Waals surface area contributed by atoms with E-state index in [-0.39, 0.29) is 5.91 Å². The first-order chi connectivity index (χ1) is 12.1. The van der Waals surface area contributed by atoms with Gasteiger partial charge in [0.1, 0.15) is 5.76 Å². The predicted molar refractivity (Wildman–Crippen MR) is 91.5 cm³/mol. The van der Waals surface area contributed by atoms with E-state index in [1.54, 1.807) is 49.5 Å². The molecule has 3 aromatic rings. The number of nitrogens with one attached hydrogen (secondary N) is 1. The first kappa shape index (κ1) is 16.6. The quantitative estimate of drug-likeness (QED) is 0.736. The Balaban J connectivity index is 1.58. The van der Waals surface area contributed by atoms with Crippen molar-refractivity contribution in [3.05, 3.63) is 59.7 Å². The number of aromatic nitrogens is 4. The highest BCUT2D eigenvalue weighted by molar-refractivity contribution is 5.92. The predicted octanol–water partition coefficient (Wildman–Crippen LogP) is 2.23. The number of aryl methyl sites for hydroxylation is 1. The van der Waals surface area contributed by atoms with E-state index in [0.717, 1.165) is 12.0 Å². The number of carbonyl (C=O) groups excluding carboxylic acids is 1. The molecule has 3 rings (SSSR count). The van der Waals surface area contributed by atoms with Crippen LogP contribution in [-0.4, -0.2) is 44.7 Å². The van der Waals surface area contributed by atoms with E-state index in [4.69, 9.17) is 4.52 Å². The van der Waals surface area contributed by atoms with Crippen LogP contribution in [0.3, 0.4) is 0 Å². The van der Waals surface area contributed by atoms with Gasteiger partial charge in [0.2, 0.25) is 0 Å². The van der Waals surface area contributed by atoms with Crippen LogP contribution in [0.4, 0.5) is 11.6 Å². The first-order valence-corrected chi connectivity index (χ1v) is 7.80. The van der Waals surface area contributed by atoms with E-state index in [1.807, 2.05) is 12.1 Å². The van der Waals surface area contributed by atoms with Crippen LogP contribution in [0.5, 0.6) is 0 Å². The van der Waals surface area contributed by atoms with Gasteiger partial charge in [-0.05, 0) is 43.2 Å². The van der Waals surface area contributed by atoms with Gasteiger partial charge in [-0.25, -0.2) is 0 Å². The molecule has 0 aliphatic heterocycles. The minimum atomic E-state index is -0.176. The molecule has 3 aromatic heterocycles. The standard InChI is InChI=1S/C17H18N6O2/c1-12-11-16(22-25-12)19-15-4-3-14(20-21-15)17(24)23(2)10-7-13-5-8-18-9-6-13/h3-6,8-9,11H,7,10H2,1-2H3,(H,19,21,22). The molecule has 0 aliphatic rings. The van der Waals surface area contributed by atoms with Crippen molar-refractivity contribution in [1.82, 2.24) is 25.2 Å². The molecule has 1 amide bonds. The highest BCUT2D eigenvalue weighted by Gasteiger charge is 2.14. The van der Waals surface area contributed by atoms with Crippen LogP contribution in [-0.2, 0) is 6.42 Å². The maximum atomic E-state index is 12.4. The Morgan fingerprint density at radius 1 is 1.16 bits per heavy atom. The number of rotatable bonds is 6. The van der Waals surface area contributed by atoms with Crippen LogP contribution in [0.2, 0.25) is 0 Å². The summed E-state index contributed by atoms with van der Waals surface area (Å²) in [5.41, 5.74) is 1.42. The molecular weight excluding hydrogens is 320 g/mol. The Bertz CT molecular complexity index is 832. The summed E-state index contributed by atoms with van der Waals surface area (Å²) in [5.74, 6) is 1.55. The molecule has 128 valence electrons. The topological polar surface area (TPSA) is 97.0 Å². The zero-order valence-corrected chi connectivity index (χ0v) is 14.0.